The quantitative estimate of drug-likeness (QED) is 0.441. The molecule has 2 aromatic carbocycles. The summed E-state index contributed by atoms with van der Waals surface area (Å²) in [6.07, 6.45) is 0. The first-order valence-corrected chi connectivity index (χ1v) is 6.97. The van der Waals surface area contributed by atoms with Gasteiger partial charge in [0.2, 0.25) is 0 Å². The van der Waals surface area contributed by atoms with Gasteiger partial charge in [-0.25, -0.2) is 4.98 Å². The Morgan fingerprint density at radius 2 is 1.95 bits per heavy atom. The standard InChI is InChI=1S/C15H10N4OS/c16-9-13(19-18-10-5-7-11(20)8-6-10)15-17-12-3-1-2-4-14(12)21-15/h1-8,18,20H/b19-13-. The largest absolute Gasteiger partial charge is 0.508 e. The Hall–Kier alpha value is -2.91. The van der Waals surface area contributed by atoms with E-state index in [0.717, 1.165) is 10.2 Å². The SMILES string of the molecule is N#C/C(=N/Nc1ccc(O)cc1)c1nc2ccccc2s1. The third-order valence-electron chi connectivity index (χ3n) is 2.77. The van der Waals surface area contributed by atoms with Gasteiger partial charge in [0.05, 0.1) is 15.9 Å². The molecule has 0 aliphatic rings. The summed E-state index contributed by atoms with van der Waals surface area (Å²) in [6, 6.07) is 16.2. The van der Waals surface area contributed by atoms with Crippen LogP contribution in [-0.2, 0) is 0 Å². The summed E-state index contributed by atoms with van der Waals surface area (Å²) in [4.78, 5) is 4.40. The number of benzene rings is 2. The number of aromatic hydroxyl groups is 1. The Labute approximate surface area is 124 Å². The van der Waals surface area contributed by atoms with Gasteiger partial charge in [0, 0.05) is 0 Å². The van der Waals surface area contributed by atoms with Crippen LogP contribution in [0.3, 0.4) is 0 Å². The van der Waals surface area contributed by atoms with Gasteiger partial charge in [0.25, 0.3) is 0 Å². The van der Waals surface area contributed by atoms with E-state index in [0.29, 0.717) is 10.7 Å². The highest BCUT2D eigenvalue weighted by Gasteiger charge is 2.09. The number of anilines is 1. The highest BCUT2D eigenvalue weighted by molar-refractivity contribution is 7.20. The molecule has 0 atom stereocenters. The van der Waals surface area contributed by atoms with E-state index in [4.69, 9.17) is 0 Å². The van der Waals surface area contributed by atoms with E-state index in [9.17, 15) is 10.4 Å². The number of phenolic OH excluding ortho intramolecular Hbond substituents is 1. The number of rotatable bonds is 3. The molecule has 0 fully saturated rings. The maximum absolute atomic E-state index is 9.23. The van der Waals surface area contributed by atoms with Crippen molar-refractivity contribution in [1.29, 1.82) is 5.26 Å². The van der Waals surface area contributed by atoms with Crippen molar-refractivity contribution in [1.82, 2.24) is 4.98 Å². The van der Waals surface area contributed by atoms with Crippen molar-refractivity contribution in [3.63, 3.8) is 0 Å². The molecule has 3 aromatic rings. The number of aromatic nitrogens is 1. The number of nitrogens with zero attached hydrogens (tertiary/aromatic N) is 3. The van der Waals surface area contributed by atoms with E-state index >= 15 is 0 Å². The summed E-state index contributed by atoms with van der Waals surface area (Å²) in [5.41, 5.74) is 4.55. The normalized spacial score (nSPS) is 11.3. The van der Waals surface area contributed by atoms with Gasteiger partial charge in [-0.15, -0.1) is 11.3 Å². The lowest BCUT2D eigenvalue weighted by Crippen LogP contribution is -2.01. The summed E-state index contributed by atoms with van der Waals surface area (Å²) < 4.78 is 1.01. The van der Waals surface area contributed by atoms with Gasteiger partial charge in [-0.05, 0) is 36.4 Å². The van der Waals surface area contributed by atoms with Gasteiger partial charge in [0.15, 0.2) is 10.7 Å². The maximum Gasteiger partial charge on any atom is 0.196 e. The molecule has 0 saturated carbocycles. The highest BCUT2D eigenvalue weighted by atomic mass is 32.1. The van der Waals surface area contributed by atoms with Crippen molar-refractivity contribution in [2.45, 2.75) is 0 Å². The predicted molar refractivity (Wildman–Crippen MR) is 83.5 cm³/mol. The number of phenols is 1. The number of hydrogen-bond donors (Lipinski definition) is 2. The molecule has 3 rings (SSSR count). The topological polar surface area (TPSA) is 81.3 Å². The molecule has 0 aliphatic heterocycles. The van der Waals surface area contributed by atoms with Crippen LogP contribution in [0, 0.1) is 11.3 Å². The first-order chi connectivity index (χ1) is 10.3. The van der Waals surface area contributed by atoms with Crippen molar-refractivity contribution in [3.05, 3.63) is 53.5 Å². The monoisotopic (exact) mass is 294 g/mol. The molecule has 0 spiro atoms. The van der Waals surface area contributed by atoms with Crippen LogP contribution < -0.4 is 5.43 Å². The Kier molecular flexibility index (Phi) is 3.50. The fourth-order valence-electron chi connectivity index (χ4n) is 1.75. The number of fused-ring (bicyclic) bond motifs is 1. The lowest BCUT2D eigenvalue weighted by Gasteiger charge is -2.00. The van der Waals surface area contributed by atoms with Crippen LogP contribution in [0.15, 0.2) is 53.6 Å². The smallest absolute Gasteiger partial charge is 0.196 e. The molecule has 0 unspecified atom stereocenters. The number of para-hydroxylation sites is 1. The molecular weight excluding hydrogens is 284 g/mol. The first-order valence-electron chi connectivity index (χ1n) is 6.15. The minimum Gasteiger partial charge on any atom is -0.508 e. The average molecular weight is 294 g/mol. The van der Waals surface area contributed by atoms with Crippen LogP contribution in [0.2, 0.25) is 0 Å². The third kappa shape index (κ3) is 2.83. The number of nitrogens with one attached hydrogen (secondary N) is 1. The zero-order valence-corrected chi connectivity index (χ0v) is 11.6. The lowest BCUT2D eigenvalue weighted by molar-refractivity contribution is 0.475. The fraction of sp³-hybridized carbons (Fsp3) is 0. The Morgan fingerprint density at radius 3 is 2.67 bits per heavy atom. The minimum absolute atomic E-state index is 0.177. The molecule has 6 heteroatoms. The zero-order chi connectivity index (χ0) is 14.7. The van der Waals surface area contributed by atoms with Crippen molar-refractivity contribution >= 4 is 33.0 Å². The summed E-state index contributed by atoms with van der Waals surface area (Å²) in [5.74, 6) is 0.177. The second-order valence-electron chi connectivity index (χ2n) is 4.22. The molecule has 1 heterocycles. The van der Waals surface area contributed by atoms with Gasteiger partial charge in [-0.3, -0.25) is 5.43 Å². The summed E-state index contributed by atoms with van der Waals surface area (Å²) in [5, 5.41) is 23.1. The fourth-order valence-corrected chi connectivity index (χ4v) is 2.66. The van der Waals surface area contributed by atoms with Gasteiger partial charge >= 0.3 is 0 Å². The highest BCUT2D eigenvalue weighted by Crippen LogP contribution is 2.22. The van der Waals surface area contributed by atoms with E-state index in [2.05, 4.69) is 15.5 Å². The van der Waals surface area contributed by atoms with Crippen LogP contribution in [0.5, 0.6) is 5.75 Å². The molecule has 0 aliphatic carbocycles. The second kappa shape index (κ2) is 5.61. The first kappa shape index (κ1) is 13.1. The van der Waals surface area contributed by atoms with Crippen molar-refractivity contribution in [2.24, 2.45) is 5.10 Å². The second-order valence-corrected chi connectivity index (χ2v) is 5.25. The molecule has 0 radical (unpaired) electrons. The molecular formula is C15H10N4OS. The molecule has 21 heavy (non-hydrogen) atoms. The van der Waals surface area contributed by atoms with E-state index in [-0.39, 0.29) is 11.5 Å². The third-order valence-corrected chi connectivity index (χ3v) is 3.81. The number of hydrogen-bond acceptors (Lipinski definition) is 6. The van der Waals surface area contributed by atoms with E-state index < -0.39 is 0 Å². The van der Waals surface area contributed by atoms with Crippen LogP contribution in [0.1, 0.15) is 5.01 Å². The molecule has 0 saturated heterocycles. The number of thiazole rings is 1. The van der Waals surface area contributed by atoms with Crippen LogP contribution in [0.25, 0.3) is 10.2 Å². The molecule has 2 N–H and O–H groups in total. The lowest BCUT2D eigenvalue weighted by atomic mass is 10.3. The Balaban J connectivity index is 1.89. The van der Waals surface area contributed by atoms with Crippen LogP contribution >= 0.6 is 11.3 Å². The van der Waals surface area contributed by atoms with E-state index in [1.807, 2.05) is 30.3 Å². The Bertz CT molecular complexity index is 813. The van der Waals surface area contributed by atoms with Gasteiger partial charge in [0.1, 0.15) is 11.8 Å². The molecule has 0 amide bonds. The Morgan fingerprint density at radius 1 is 1.19 bits per heavy atom. The van der Waals surface area contributed by atoms with Gasteiger partial charge in [-0.2, -0.15) is 10.4 Å². The molecule has 1 aromatic heterocycles. The molecule has 5 nitrogen and oxygen atoms in total. The molecule has 0 bridgehead atoms. The summed E-state index contributed by atoms with van der Waals surface area (Å²) in [7, 11) is 0. The van der Waals surface area contributed by atoms with E-state index in [1.54, 1.807) is 24.3 Å². The summed E-state index contributed by atoms with van der Waals surface area (Å²) in [6.45, 7) is 0. The van der Waals surface area contributed by atoms with Crippen molar-refractivity contribution < 1.29 is 5.11 Å². The molecule has 102 valence electrons. The van der Waals surface area contributed by atoms with Gasteiger partial charge in [-0.1, -0.05) is 12.1 Å². The minimum atomic E-state index is 0.177. The van der Waals surface area contributed by atoms with Crippen LogP contribution in [-0.4, -0.2) is 15.8 Å². The number of hydrazone groups is 1. The predicted octanol–water partition coefficient (Wildman–Crippen LogP) is 3.34. The zero-order valence-electron chi connectivity index (χ0n) is 10.8. The summed E-state index contributed by atoms with van der Waals surface area (Å²) >= 11 is 1.42. The van der Waals surface area contributed by atoms with Crippen molar-refractivity contribution in [2.75, 3.05) is 5.43 Å². The van der Waals surface area contributed by atoms with E-state index in [1.165, 1.54) is 11.3 Å². The average Bonchev–Trinajstić information content (AvgIpc) is 2.93. The number of nitriles is 1. The van der Waals surface area contributed by atoms with Crippen molar-refractivity contribution in [3.8, 4) is 11.8 Å². The van der Waals surface area contributed by atoms with Gasteiger partial charge < -0.3 is 5.11 Å². The maximum atomic E-state index is 9.23. The van der Waals surface area contributed by atoms with Crippen LogP contribution in [0.4, 0.5) is 5.69 Å².